The third-order valence-corrected chi connectivity index (χ3v) is 5.15. The first kappa shape index (κ1) is 25.8. The third-order valence-electron chi connectivity index (χ3n) is 4.57. The van der Waals surface area contributed by atoms with E-state index in [1.807, 2.05) is 31.2 Å². The van der Waals surface area contributed by atoms with Crippen LogP contribution >= 0.6 is 23.2 Å². The fourth-order valence-corrected chi connectivity index (χ4v) is 3.42. The van der Waals surface area contributed by atoms with Crippen molar-refractivity contribution in [1.29, 1.82) is 0 Å². The van der Waals surface area contributed by atoms with E-state index < -0.39 is 5.97 Å². The molecule has 0 aromatic heterocycles. The lowest BCUT2D eigenvalue weighted by Gasteiger charge is -2.14. The highest BCUT2D eigenvalue weighted by molar-refractivity contribution is 6.35. The van der Waals surface area contributed by atoms with Crippen LogP contribution in [0.2, 0.25) is 10.0 Å². The first-order chi connectivity index (χ1) is 15.0. The van der Waals surface area contributed by atoms with Crippen LogP contribution in [0.1, 0.15) is 34.0 Å². The molecule has 3 rings (SSSR count). The van der Waals surface area contributed by atoms with Crippen LogP contribution in [-0.4, -0.2) is 17.7 Å². The Hall–Kier alpha value is -2.44. The van der Waals surface area contributed by atoms with Crippen molar-refractivity contribution in [3.8, 4) is 11.5 Å². The quantitative estimate of drug-likeness (QED) is 0.453. The Morgan fingerprint density at radius 2 is 1.59 bits per heavy atom. The van der Waals surface area contributed by atoms with Crippen molar-refractivity contribution < 1.29 is 31.8 Å². The Morgan fingerprint density at radius 3 is 2.25 bits per heavy atom. The molecule has 2 N–H and O–H groups in total. The van der Waals surface area contributed by atoms with Crippen LogP contribution in [0.5, 0.6) is 11.5 Å². The fraction of sp³-hybridized carbons (Fsp3) is 0.208. The number of halogens is 3. The van der Waals surface area contributed by atoms with Gasteiger partial charge in [0.15, 0.2) is 11.5 Å². The maximum atomic E-state index is 10.9. The Balaban J connectivity index is 0.00000363. The van der Waals surface area contributed by atoms with Crippen LogP contribution in [0.25, 0.3) is 0 Å². The number of ether oxygens (including phenoxy) is 2. The summed E-state index contributed by atoms with van der Waals surface area (Å²) in [7, 11) is 0. The summed E-state index contributed by atoms with van der Waals surface area (Å²) in [6.45, 7) is 4.00. The van der Waals surface area contributed by atoms with E-state index in [1.54, 1.807) is 36.4 Å². The van der Waals surface area contributed by atoms with Gasteiger partial charge in [-0.15, -0.1) is 0 Å². The van der Waals surface area contributed by atoms with E-state index in [9.17, 15) is 4.79 Å². The SMILES string of the molecule is CCOc1cc(CNCc2ccc(C(=O)O)cc2)ccc1OCc1ccc(Cl)cc1Cl.[Cl-]. The second-order valence-electron chi connectivity index (χ2n) is 6.84. The lowest BCUT2D eigenvalue weighted by atomic mass is 10.1. The van der Waals surface area contributed by atoms with Crippen LogP contribution in [0.3, 0.4) is 0 Å². The third kappa shape index (κ3) is 7.31. The van der Waals surface area contributed by atoms with Gasteiger partial charge in [-0.25, -0.2) is 4.79 Å². The summed E-state index contributed by atoms with van der Waals surface area (Å²) in [5.74, 6) is 0.377. The first-order valence-electron chi connectivity index (χ1n) is 9.81. The van der Waals surface area contributed by atoms with Crippen molar-refractivity contribution in [3.05, 3.63) is 93.0 Å². The zero-order valence-electron chi connectivity index (χ0n) is 17.4. The topological polar surface area (TPSA) is 67.8 Å². The Labute approximate surface area is 203 Å². The van der Waals surface area contributed by atoms with Crippen LogP contribution in [-0.2, 0) is 19.7 Å². The second-order valence-corrected chi connectivity index (χ2v) is 7.69. The van der Waals surface area contributed by atoms with Gasteiger partial charge in [0.25, 0.3) is 0 Å². The molecule has 0 saturated heterocycles. The van der Waals surface area contributed by atoms with Crippen molar-refractivity contribution in [2.45, 2.75) is 26.6 Å². The fourth-order valence-electron chi connectivity index (χ4n) is 2.96. The molecule has 0 unspecified atom stereocenters. The molecule has 0 fully saturated rings. The number of rotatable bonds is 10. The van der Waals surface area contributed by atoms with Gasteiger partial charge in [0, 0.05) is 28.7 Å². The molecule has 0 radical (unpaired) electrons. The average Bonchev–Trinajstić information content (AvgIpc) is 2.75. The Kier molecular flexibility index (Phi) is 10.1. The number of hydrogen-bond donors (Lipinski definition) is 2. The molecule has 0 amide bonds. The number of hydrogen-bond acceptors (Lipinski definition) is 4. The van der Waals surface area contributed by atoms with Crippen LogP contribution < -0.4 is 27.2 Å². The van der Waals surface area contributed by atoms with Gasteiger partial charge >= 0.3 is 5.97 Å². The normalized spacial score (nSPS) is 10.3. The number of carboxylic acids is 1. The van der Waals surface area contributed by atoms with Crippen LogP contribution in [0, 0.1) is 0 Å². The molecule has 0 saturated carbocycles. The van der Waals surface area contributed by atoms with Crippen LogP contribution in [0.15, 0.2) is 60.7 Å². The molecule has 0 heterocycles. The summed E-state index contributed by atoms with van der Waals surface area (Å²) < 4.78 is 11.7. The molecule has 5 nitrogen and oxygen atoms in total. The van der Waals surface area contributed by atoms with Crippen molar-refractivity contribution in [2.24, 2.45) is 0 Å². The van der Waals surface area contributed by atoms with Gasteiger partial charge < -0.3 is 32.3 Å². The van der Waals surface area contributed by atoms with E-state index in [-0.39, 0.29) is 18.0 Å². The first-order valence-corrected chi connectivity index (χ1v) is 10.6. The minimum atomic E-state index is -0.927. The van der Waals surface area contributed by atoms with Gasteiger partial charge in [0.05, 0.1) is 12.2 Å². The molecule has 0 aliphatic rings. The minimum absolute atomic E-state index is 0. The highest BCUT2D eigenvalue weighted by atomic mass is 35.5. The van der Waals surface area contributed by atoms with Gasteiger partial charge in [0.2, 0.25) is 0 Å². The van der Waals surface area contributed by atoms with Crippen LogP contribution in [0.4, 0.5) is 0 Å². The van der Waals surface area contributed by atoms with Crippen molar-refractivity contribution in [3.63, 3.8) is 0 Å². The maximum Gasteiger partial charge on any atom is 0.335 e. The number of benzene rings is 3. The number of carboxylic acid groups (broad SMARTS) is 1. The highest BCUT2D eigenvalue weighted by Crippen LogP contribution is 2.30. The van der Waals surface area contributed by atoms with Gasteiger partial charge in [-0.1, -0.05) is 47.5 Å². The highest BCUT2D eigenvalue weighted by Gasteiger charge is 2.09. The molecular formula is C24H23Cl3NO4-. The minimum Gasteiger partial charge on any atom is -1.00 e. The zero-order valence-corrected chi connectivity index (χ0v) is 19.7. The summed E-state index contributed by atoms with van der Waals surface area (Å²) in [5.41, 5.74) is 3.17. The van der Waals surface area contributed by atoms with E-state index in [0.29, 0.717) is 47.8 Å². The number of carbonyl (C=O) groups is 1. The average molecular weight is 496 g/mol. The van der Waals surface area contributed by atoms with E-state index in [2.05, 4.69) is 5.32 Å². The molecule has 3 aromatic carbocycles. The number of aromatic carboxylic acids is 1. The molecule has 0 spiro atoms. The maximum absolute atomic E-state index is 10.9. The lowest BCUT2D eigenvalue weighted by Crippen LogP contribution is -3.00. The zero-order chi connectivity index (χ0) is 22.2. The number of nitrogens with one attached hydrogen (secondary N) is 1. The van der Waals surface area contributed by atoms with E-state index >= 15 is 0 Å². The van der Waals surface area contributed by atoms with Gasteiger partial charge in [-0.3, -0.25) is 0 Å². The van der Waals surface area contributed by atoms with Gasteiger partial charge in [0.1, 0.15) is 6.61 Å². The summed E-state index contributed by atoms with van der Waals surface area (Å²) in [6, 6.07) is 17.9. The Bertz CT molecular complexity index is 1040. The van der Waals surface area contributed by atoms with E-state index in [4.69, 9.17) is 37.8 Å². The molecule has 0 bridgehead atoms. The van der Waals surface area contributed by atoms with Gasteiger partial charge in [-0.05, 0) is 54.4 Å². The molecule has 170 valence electrons. The summed E-state index contributed by atoms with van der Waals surface area (Å²) in [4.78, 5) is 10.9. The summed E-state index contributed by atoms with van der Waals surface area (Å²) in [6.07, 6.45) is 0. The van der Waals surface area contributed by atoms with E-state index in [0.717, 1.165) is 16.7 Å². The molecule has 8 heteroatoms. The van der Waals surface area contributed by atoms with Crippen molar-refractivity contribution in [1.82, 2.24) is 5.32 Å². The molecular weight excluding hydrogens is 473 g/mol. The Morgan fingerprint density at radius 1 is 0.906 bits per heavy atom. The smallest absolute Gasteiger partial charge is 0.335 e. The predicted molar refractivity (Wildman–Crippen MR) is 122 cm³/mol. The molecule has 0 aliphatic heterocycles. The molecule has 3 aromatic rings. The molecule has 0 aliphatic carbocycles. The molecule has 32 heavy (non-hydrogen) atoms. The summed E-state index contributed by atoms with van der Waals surface area (Å²) in [5, 5.41) is 13.5. The van der Waals surface area contributed by atoms with E-state index in [1.165, 1.54) is 0 Å². The monoisotopic (exact) mass is 494 g/mol. The second kappa shape index (κ2) is 12.6. The largest absolute Gasteiger partial charge is 1.00 e. The molecule has 0 atom stereocenters. The predicted octanol–water partition coefficient (Wildman–Crippen LogP) is 2.96. The lowest BCUT2D eigenvalue weighted by molar-refractivity contribution is -0.0000223. The van der Waals surface area contributed by atoms with Gasteiger partial charge in [-0.2, -0.15) is 0 Å². The van der Waals surface area contributed by atoms with Crippen molar-refractivity contribution in [2.75, 3.05) is 6.61 Å². The standard InChI is InChI=1S/C24H23Cl2NO4.ClH/c1-2-30-23-11-17(14-27-13-16-3-6-18(7-4-16)24(28)29)5-10-22(23)31-15-19-8-9-20(25)12-21(19)26;/h3-12,27H,2,13-15H2,1H3,(H,28,29);1H/p-1. The summed E-state index contributed by atoms with van der Waals surface area (Å²) >= 11 is 12.2. The van der Waals surface area contributed by atoms with Crippen molar-refractivity contribution >= 4 is 29.2 Å².